The SMILES string of the molecule is CCCCCCC(C)CCCCC(C)(CCCCCC)OS. The average molecular weight is 331 g/mol. The van der Waals surface area contributed by atoms with Crippen molar-refractivity contribution in [1.29, 1.82) is 0 Å². The van der Waals surface area contributed by atoms with Crippen LogP contribution in [0.25, 0.3) is 0 Å². The maximum Gasteiger partial charge on any atom is 0.0797 e. The predicted octanol–water partition coefficient (Wildman–Crippen LogP) is 7.74. The lowest BCUT2D eigenvalue weighted by Crippen LogP contribution is -2.25. The van der Waals surface area contributed by atoms with Crippen molar-refractivity contribution in [3.63, 3.8) is 0 Å². The lowest BCUT2D eigenvalue weighted by molar-refractivity contribution is 0.0919. The monoisotopic (exact) mass is 330 g/mol. The molecule has 0 bridgehead atoms. The van der Waals surface area contributed by atoms with Crippen molar-refractivity contribution >= 4 is 12.9 Å². The van der Waals surface area contributed by atoms with E-state index in [1.807, 2.05) is 0 Å². The number of hydrogen-bond donors (Lipinski definition) is 1. The van der Waals surface area contributed by atoms with Crippen molar-refractivity contribution < 1.29 is 4.18 Å². The molecule has 0 amide bonds. The van der Waals surface area contributed by atoms with E-state index in [-0.39, 0.29) is 5.60 Å². The molecular weight excluding hydrogens is 288 g/mol. The van der Waals surface area contributed by atoms with E-state index in [9.17, 15) is 0 Å². The molecule has 0 saturated carbocycles. The quantitative estimate of drug-likeness (QED) is 0.173. The topological polar surface area (TPSA) is 9.23 Å². The van der Waals surface area contributed by atoms with Gasteiger partial charge in [-0.3, -0.25) is 0 Å². The molecule has 0 aromatic carbocycles. The van der Waals surface area contributed by atoms with Gasteiger partial charge in [-0.15, -0.1) is 0 Å². The van der Waals surface area contributed by atoms with Gasteiger partial charge in [0.1, 0.15) is 0 Å². The minimum atomic E-state index is -0.0127. The van der Waals surface area contributed by atoms with Crippen LogP contribution < -0.4 is 0 Å². The molecule has 0 fully saturated rings. The van der Waals surface area contributed by atoms with E-state index in [0.29, 0.717) is 0 Å². The van der Waals surface area contributed by atoms with Crippen LogP contribution in [0.5, 0.6) is 0 Å². The highest BCUT2D eigenvalue weighted by Crippen LogP contribution is 2.28. The van der Waals surface area contributed by atoms with Crippen LogP contribution in [0.3, 0.4) is 0 Å². The Hall–Kier alpha value is 0.310. The summed E-state index contributed by atoms with van der Waals surface area (Å²) in [4.78, 5) is 0. The van der Waals surface area contributed by atoms with Gasteiger partial charge < -0.3 is 4.18 Å². The fourth-order valence-corrected chi connectivity index (χ4v) is 3.38. The van der Waals surface area contributed by atoms with Crippen LogP contribution in [0, 0.1) is 5.92 Å². The molecule has 1 nitrogen and oxygen atoms in total. The van der Waals surface area contributed by atoms with Crippen LogP contribution in [-0.4, -0.2) is 5.60 Å². The fourth-order valence-electron chi connectivity index (χ4n) is 3.20. The second-order valence-electron chi connectivity index (χ2n) is 7.55. The Morgan fingerprint density at radius 3 is 1.73 bits per heavy atom. The van der Waals surface area contributed by atoms with Gasteiger partial charge in [-0.1, -0.05) is 97.8 Å². The minimum absolute atomic E-state index is 0.0127. The molecule has 0 rings (SSSR count). The van der Waals surface area contributed by atoms with Crippen molar-refractivity contribution in [1.82, 2.24) is 0 Å². The van der Waals surface area contributed by atoms with E-state index in [4.69, 9.17) is 4.18 Å². The average Bonchev–Trinajstić information content (AvgIpc) is 2.52. The van der Waals surface area contributed by atoms with Crippen molar-refractivity contribution in [2.75, 3.05) is 0 Å². The lowest BCUT2D eigenvalue weighted by Gasteiger charge is -2.27. The van der Waals surface area contributed by atoms with Crippen LogP contribution in [-0.2, 0) is 4.18 Å². The molecule has 0 aromatic heterocycles. The third kappa shape index (κ3) is 12.8. The largest absolute Gasteiger partial charge is 0.312 e. The molecule has 0 aliphatic carbocycles. The fraction of sp³-hybridized carbons (Fsp3) is 1.00. The van der Waals surface area contributed by atoms with Gasteiger partial charge in [0.15, 0.2) is 0 Å². The number of rotatable bonds is 16. The van der Waals surface area contributed by atoms with Gasteiger partial charge in [0, 0.05) is 0 Å². The van der Waals surface area contributed by atoms with Crippen LogP contribution in [0.2, 0.25) is 0 Å². The highest BCUT2D eigenvalue weighted by atomic mass is 32.1. The molecule has 2 unspecified atom stereocenters. The Labute approximate surface area is 146 Å². The first-order chi connectivity index (χ1) is 10.6. The van der Waals surface area contributed by atoms with Crippen molar-refractivity contribution in [2.24, 2.45) is 5.92 Å². The summed E-state index contributed by atoms with van der Waals surface area (Å²) in [5, 5.41) is 0. The van der Waals surface area contributed by atoms with Crippen LogP contribution in [0.1, 0.15) is 118 Å². The zero-order valence-electron chi connectivity index (χ0n) is 15.8. The zero-order chi connectivity index (χ0) is 16.7. The van der Waals surface area contributed by atoms with Gasteiger partial charge in [-0.05, 0) is 38.6 Å². The lowest BCUT2D eigenvalue weighted by atomic mass is 9.90. The zero-order valence-corrected chi connectivity index (χ0v) is 16.7. The van der Waals surface area contributed by atoms with E-state index in [1.54, 1.807) is 0 Å². The first kappa shape index (κ1) is 22.3. The molecule has 0 aliphatic heterocycles. The summed E-state index contributed by atoms with van der Waals surface area (Å²) in [6.45, 7) is 9.20. The molecule has 2 atom stereocenters. The Morgan fingerprint density at radius 1 is 0.773 bits per heavy atom. The molecule has 2 heteroatoms. The van der Waals surface area contributed by atoms with Crippen molar-refractivity contribution in [2.45, 2.75) is 123 Å². The molecule has 0 saturated heterocycles. The third-order valence-electron chi connectivity index (χ3n) is 4.98. The number of hydrogen-bond acceptors (Lipinski definition) is 2. The molecular formula is C20H42OS. The van der Waals surface area contributed by atoms with Crippen molar-refractivity contribution in [3.05, 3.63) is 0 Å². The standard InChI is InChI=1S/C20H42OS/c1-5-7-9-11-15-19(3)16-12-14-18-20(4,21-22)17-13-10-8-6-2/h19,22H,5-18H2,1-4H3. The Morgan fingerprint density at radius 2 is 1.23 bits per heavy atom. The number of thiol groups is 1. The van der Waals surface area contributed by atoms with E-state index < -0.39 is 0 Å². The number of unbranched alkanes of at least 4 members (excludes halogenated alkanes) is 7. The van der Waals surface area contributed by atoms with Crippen LogP contribution in [0.15, 0.2) is 0 Å². The van der Waals surface area contributed by atoms with Crippen LogP contribution in [0.4, 0.5) is 0 Å². The predicted molar refractivity (Wildman–Crippen MR) is 104 cm³/mol. The van der Waals surface area contributed by atoms with Gasteiger partial charge in [0.25, 0.3) is 0 Å². The molecule has 0 spiro atoms. The first-order valence-electron chi connectivity index (χ1n) is 9.90. The summed E-state index contributed by atoms with van der Waals surface area (Å²) in [6, 6.07) is 0. The molecule has 0 heterocycles. The van der Waals surface area contributed by atoms with Gasteiger partial charge >= 0.3 is 0 Å². The maximum atomic E-state index is 5.51. The van der Waals surface area contributed by atoms with E-state index in [0.717, 1.165) is 18.8 Å². The van der Waals surface area contributed by atoms with Crippen LogP contribution >= 0.6 is 12.9 Å². The summed E-state index contributed by atoms with van der Waals surface area (Å²) in [7, 11) is 0. The first-order valence-corrected chi connectivity index (χ1v) is 10.3. The summed E-state index contributed by atoms with van der Waals surface area (Å²) in [6.07, 6.45) is 18.6. The Bertz CT molecular complexity index is 232. The maximum absolute atomic E-state index is 5.51. The van der Waals surface area contributed by atoms with Gasteiger partial charge in [0.2, 0.25) is 0 Å². The normalized spacial score (nSPS) is 15.7. The summed E-state index contributed by atoms with van der Waals surface area (Å²) in [5.41, 5.74) is -0.0127. The highest BCUT2D eigenvalue weighted by molar-refractivity contribution is 7.75. The second-order valence-corrected chi connectivity index (χ2v) is 7.73. The molecule has 0 aliphatic rings. The summed E-state index contributed by atoms with van der Waals surface area (Å²) >= 11 is 4.14. The molecule has 134 valence electrons. The Balaban J connectivity index is 3.67. The highest BCUT2D eigenvalue weighted by Gasteiger charge is 2.23. The molecule has 22 heavy (non-hydrogen) atoms. The smallest absolute Gasteiger partial charge is 0.0797 e. The van der Waals surface area contributed by atoms with Gasteiger partial charge in [-0.25, -0.2) is 0 Å². The van der Waals surface area contributed by atoms with E-state index in [1.165, 1.54) is 77.0 Å². The van der Waals surface area contributed by atoms with E-state index >= 15 is 0 Å². The third-order valence-corrected chi connectivity index (χ3v) is 5.42. The summed E-state index contributed by atoms with van der Waals surface area (Å²) in [5.74, 6) is 0.893. The van der Waals surface area contributed by atoms with E-state index in [2.05, 4.69) is 40.6 Å². The van der Waals surface area contributed by atoms with Crippen molar-refractivity contribution in [3.8, 4) is 0 Å². The summed E-state index contributed by atoms with van der Waals surface area (Å²) < 4.78 is 5.51. The molecule has 0 radical (unpaired) electrons. The minimum Gasteiger partial charge on any atom is -0.312 e. The molecule has 0 aromatic rings. The second kappa shape index (κ2) is 14.9. The molecule has 0 N–H and O–H groups in total. The van der Waals surface area contributed by atoms with Gasteiger partial charge in [-0.2, -0.15) is 0 Å². The Kier molecular flexibility index (Phi) is 15.1. The van der Waals surface area contributed by atoms with Gasteiger partial charge in [0.05, 0.1) is 5.60 Å².